The van der Waals surface area contributed by atoms with Crippen molar-refractivity contribution in [2.45, 2.75) is 31.8 Å². The number of nitriles is 1. The molecule has 1 heterocycles. The highest BCUT2D eigenvalue weighted by Gasteiger charge is 2.38. The average molecular weight is 455 g/mol. The van der Waals surface area contributed by atoms with Gasteiger partial charge in [0.15, 0.2) is 17.3 Å². The Bertz CT molecular complexity index is 1180. The molecule has 0 spiro atoms. The Kier molecular flexibility index (Phi) is 6.06. The van der Waals surface area contributed by atoms with E-state index in [2.05, 4.69) is 6.07 Å². The molecule has 0 aromatic heterocycles. The maximum atomic E-state index is 13.1. The molecule has 0 saturated heterocycles. The van der Waals surface area contributed by atoms with Gasteiger partial charge < -0.3 is 19.9 Å². The molecule has 0 radical (unpaired) electrons. The number of benzene rings is 2. The number of carbonyl (C=O) groups is 1. The lowest BCUT2D eigenvalue weighted by Crippen LogP contribution is -2.27. The fourth-order valence-corrected chi connectivity index (χ4v) is 4.25. The van der Waals surface area contributed by atoms with E-state index in [4.69, 9.17) is 31.5 Å². The number of ether oxygens (including phenoxy) is 3. The molecule has 0 fully saturated rings. The van der Waals surface area contributed by atoms with E-state index >= 15 is 0 Å². The van der Waals surface area contributed by atoms with Crippen molar-refractivity contribution in [2.75, 3.05) is 7.11 Å². The van der Waals surface area contributed by atoms with Gasteiger partial charge in [-0.15, -0.1) is 0 Å². The van der Waals surface area contributed by atoms with Crippen LogP contribution in [0.1, 0.15) is 36.3 Å². The van der Waals surface area contributed by atoms with Gasteiger partial charge in [0.05, 0.1) is 18.1 Å². The van der Waals surface area contributed by atoms with Crippen molar-refractivity contribution in [3.05, 3.63) is 81.2 Å². The predicted molar refractivity (Wildman–Crippen MR) is 115 cm³/mol. The number of carbonyl (C=O) groups excluding carboxylic acids is 1. The van der Waals surface area contributed by atoms with E-state index in [-0.39, 0.29) is 34.7 Å². The molecule has 164 valence electrons. The minimum Gasteiger partial charge on any atom is -0.493 e. The van der Waals surface area contributed by atoms with Gasteiger partial charge in [-0.05, 0) is 41.8 Å². The summed E-state index contributed by atoms with van der Waals surface area (Å²) < 4.78 is 30.1. The third-order valence-corrected chi connectivity index (χ3v) is 5.77. The summed E-state index contributed by atoms with van der Waals surface area (Å²) >= 11 is 6.54. The number of ketones is 1. The van der Waals surface area contributed by atoms with Crippen molar-refractivity contribution >= 4 is 17.4 Å². The lowest BCUT2D eigenvalue weighted by atomic mass is 9.77. The third-order valence-electron chi connectivity index (χ3n) is 5.49. The highest BCUT2D eigenvalue weighted by atomic mass is 35.5. The summed E-state index contributed by atoms with van der Waals surface area (Å²) in [6, 6.07) is 11.3. The molecule has 2 aromatic carbocycles. The van der Waals surface area contributed by atoms with E-state index in [0.717, 1.165) is 5.56 Å². The van der Waals surface area contributed by atoms with Crippen molar-refractivity contribution in [1.82, 2.24) is 0 Å². The molecule has 2 aliphatic rings. The van der Waals surface area contributed by atoms with Gasteiger partial charge in [-0.2, -0.15) is 5.26 Å². The first-order valence-electron chi connectivity index (χ1n) is 10.0. The lowest BCUT2D eigenvalue weighted by molar-refractivity contribution is -0.116. The summed E-state index contributed by atoms with van der Waals surface area (Å²) in [4.78, 5) is 12.7. The fourth-order valence-electron chi connectivity index (χ4n) is 3.97. The number of nitrogens with zero attached hydrogens (tertiary/aromatic N) is 1. The van der Waals surface area contributed by atoms with Crippen LogP contribution in [0.2, 0.25) is 5.02 Å². The summed E-state index contributed by atoms with van der Waals surface area (Å²) in [6.07, 6.45) is 1.61. The van der Waals surface area contributed by atoms with Gasteiger partial charge in [-0.1, -0.05) is 23.7 Å². The van der Waals surface area contributed by atoms with E-state index in [0.29, 0.717) is 47.7 Å². The zero-order chi connectivity index (χ0) is 22.8. The highest BCUT2D eigenvalue weighted by Crippen LogP contribution is 2.47. The third kappa shape index (κ3) is 4.02. The van der Waals surface area contributed by atoms with Gasteiger partial charge in [0.1, 0.15) is 29.8 Å². The summed E-state index contributed by atoms with van der Waals surface area (Å²) in [6.45, 7) is 0.150. The van der Waals surface area contributed by atoms with Crippen molar-refractivity contribution < 1.29 is 23.4 Å². The molecule has 2 aromatic rings. The number of hydrogen-bond acceptors (Lipinski definition) is 6. The molecule has 0 unspecified atom stereocenters. The Balaban J connectivity index is 1.73. The van der Waals surface area contributed by atoms with Crippen molar-refractivity contribution in [3.63, 3.8) is 0 Å². The minimum absolute atomic E-state index is 0.0160. The predicted octanol–water partition coefficient (Wildman–Crippen LogP) is 4.88. The molecule has 32 heavy (non-hydrogen) atoms. The second kappa shape index (κ2) is 8.93. The lowest BCUT2D eigenvalue weighted by Gasteiger charge is -2.31. The number of Topliss-reactive ketones (excluding diaryl/α,β-unsaturated/α-hetero) is 1. The molecular formula is C24H20ClFN2O4. The molecule has 1 aliphatic heterocycles. The first-order chi connectivity index (χ1) is 15.4. The first-order valence-corrected chi connectivity index (χ1v) is 10.4. The molecule has 0 saturated carbocycles. The Hall–Kier alpha value is -3.50. The summed E-state index contributed by atoms with van der Waals surface area (Å²) in [5.74, 6) is -0.00230. The maximum absolute atomic E-state index is 13.1. The highest BCUT2D eigenvalue weighted by molar-refractivity contribution is 6.32. The number of nitrogens with two attached hydrogens (primary N) is 1. The van der Waals surface area contributed by atoms with Gasteiger partial charge in [0.25, 0.3) is 0 Å². The molecule has 0 bridgehead atoms. The average Bonchev–Trinajstić information content (AvgIpc) is 2.78. The Morgan fingerprint density at radius 1 is 1.28 bits per heavy atom. The maximum Gasteiger partial charge on any atom is 0.205 e. The molecule has 6 nitrogen and oxygen atoms in total. The van der Waals surface area contributed by atoms with Crippen LogP contribution in [0.3, 0.4) is 0 Å². The number of methoxy groups -OCH3 is 1. The van der Waals surface area contributed by atoms with Crippen molar-refractivity contribution in [2.24, 2.45) is 5.73 Å². The van der Waals surface area contributed by atoms with Crippen LogP contribution in [-0.2, 0) is 16.1 Å². The number of hydrogen-bond donors (Lipinski definition) is 1. The van der Waals surface area contributed by atoms with E-state index in [1.807, 2.05) is 0 Å². The van der Waals surface area contributed by atoms with Crippen LogP contribution >= 0.6 is 11.6 Å². The normalized spacial score (nSPS) is 18.1. The van der Waals surface area contributed by atoms with Crippen molar-refractivity contribution in [1.29, 1.82) is 5.26 Å². The quantitative estimate of drug-likeness (QED) is 0.691. The molecule has 0 amide bonds. The van der Waals surface area contributed by atoms with Crippen LogP contribution in [-0.4, -0.2) is 12.9 Å². The summed E-state index contributed by atoms with van der Waals surface area (Å²) in [5, 5.41) is 9.98. The second-order valence-electron chi connectivity index (χ2n) is 7.49. The van der Waals surface area contributed by atoms with Crippen LogP contribution in [0.25, 0.3) is 0 Å². The molecule has 1 atom stereocenters. The van der Waals surface area contributed by atoms with E-state index in [9.17, 15) is 14.4 Å². The van der Waals surface area contributed by atoms with E-state index in [1.165, 1.54) is 19.2 Å². The standard InChI is InChI=1S/C24H20ClFN2O4/c1-30-20-10-14(9-17(25)23(20)31-12-13-5-7-15(26)8-6-13)21-16(11-27)24(28)32-19-4-2-3-18(29)22(19)21/h5-10,21H,2-4,12,28H2,1H3/t21-/m1/s1. The minimum atomic E-state index is -0.700. The largest absolute Gasteiger partial charge is 0.493 e. The van der Waals surface area contributed by atoms with Gasteiger partial charge in [-0.25, -0.2) is 4.39 Å². The van der Waals surface area contributed by atoms with Gasteiger partial charge in [0.2, 0.25) is 5.88 Å². The summed E-state index contributed by atoms with van der Waals surface area (Å²) in [5.41, 5.74) is 7.91. The van der Waals surface area contributed by atoms with Crippen LogP contribution in [0.4, 0.5) is 4.39 Å². The molecule has 4 rings (SSSR count). The van der Waals surface area contributed by atoms with Crippen molar-refractivity contribution in [3.8, 4) is 17.6 Å². The topological polar surface area (TPSA) is 94.6 Å². The SMILES string of the molecule is COc1cc([C@@H]2C(C#N)=C(N)OC3=C2C(=O)CCC3)cc(Cl)c1OCc1ccc(F)cc1. The van der Waals surface area contributed by atoms with Crippen LogP contribution in [0.5, 0.6) is 11.5 Å². The zero-order valence-corrected chi connectivity index (χ0v) is 18.0. The second-order valence-corrected chi connectivity index (χ2v) is 7.89. The van der Waals surface area contributed by atoms with Gasteiger partial charge in [-0.3, -0.25) is 4.79 Å². The van der Waals surface area contributed by atoms with Crippen LogP contribution in [0.15, 0.2) is 59.2 Å². The zero-order valence-electron chi connectivity index (χ0n) is 17.3. The molecule has 1 aliphatic carbocycles. The monoisotopic (exact) mass is 454 g/mol. The molecule has 8 heteroatoms. The Labute approximate surface area is 189 Å². The smallest absolute Gasteiger partial charge is 0.205 e. The van der Waals surface area contributed by atoms with E-state index < -0.39 is 5.92 Å². The fraction of sp³-hybridized carbons (Fsp3) is 0.250. The van der Waals surface area contributed by atoms with Crippen LogP contribution < -0.4 is 15.2 Å². The van der Waals surface area contributed by atoms with Gasteiger partial charge in [0, 0.05) is 18.4 Å². The van der Waals surface area contributed by atoms with E-state index in [1.54, 1.807) is 24.3 Å². The number of halogens is 2. The Morgan fingerprint density at radius 3 is 2.72 bits per heavy atom. The van der Waals surface area contributed by atoms with Crippen LogP contribution in [0, 0.1) is 17.1 Å². The number of allylic oxidation sites excluding steroid dienone is 3. The van der Waals surface area contributed by atoms with Gasteiger partial charge >= 0.3 is 0 Å². The first kappa shape index (κ1) is 21.7. The number of rotatable bonds is 5. The molecular weight excluding hydrogens is 435 g/mol. The Morgan fingerprint density at radius 2 is 2.03 bits per heavy atom. The summed E-state index contributed by atoms with van der Waals surface area (Å²) in [7, 11) is 1.47. The molecule has 2 N–H and O–H groups in total.